The molecule has 0 radical (unpaired) electrons. The summed E-state index contributed by atoms with van der Waals surface area (Å²) < 4.78 is 1.79. The van der Waals surface area contributed by atoms with Crippen molar-refractivity contribution in [1.29, 1.82) is 0 Å². The molecule has 5 heteroatoms. The minimum atomic E-state index is -0.0822. The quantitative estimate of drug-likeness (QED) is 0.801. The van der Waals surface area contributed by atoms with Gasteiger partial charge in [-0.2, -0.15) is 5.10 Å². The van der Waals surface area contributed by atoms with Crippen LogP contribution in [0.4, 0.5) is 5.69 Å². The summed E-state index contributed by atoms with van der Waals surface area (Å²) in [7, 11) is 0. The van der Waals surface area contributed by atoms with Crippen molar-refractivity contribution in [1.82, 2.24) is 14.8 Å². The van der Waals surface area contributed by atoms with Crippen LogP contribution in [-0.2, 0) is 4.79 Å². The maximum absolute atomic E-state index is 11.0. The molecule has 0 atom stereocenters. The Morgan fingerprint density at radius 3 is 2.52 bits per heavy atom. The van der Waals surface area contributed by atoms with Crippen molar-refractivity contribution in [2.24, 2.45) is 0 Å². The van der Waals surface area contributed by atoms with Gasteiger partial charge in [-0.3, -0.25) is 4.79 Å². The molecule has 0 spiro atoms. The molecule has 21 heavy (non-hydrogen) atoms. The first kappa shape index (κ1) is 13.1. The van der Waals surface area contributed by atoms with E-state index in [4.69, 9.17) is 0 Å². The topological polar surface area (TPSA) is 59.8 Å². The zero-order chi connectivity index (χ0) is 14.7. The molecular formula is C16H14N4O. The summed E-state index contributed by atoms with van der Waals surface area (Å²) in [6.07, 6.45) is 3.48. The van der Waals surface area contributed by atoms with Crippen LogP contribution < -0.4 is 5.32 Å². The molecule has 1 aromatic carbocycles. The number of nitrogens with zero attached hydrogens (tertiary/aromatic N) is 3. The smallest absolute Gasteiger partial charge is 0.221 e. The molecule has 1 amide bonds. The molecule has 0 aliphatic carbocycles. The fraction of sp³-hybridized carbons (Fsp3) is 0.0625. The Balaban J connectivity index is 1.95. The number of hydrogen-bond acceptors (Lipinski definition) is 3. The van der Waals surface area contributed by atoms with Crippen molar-refractivity contribution in [3.8, 4) is 17.1 Å². The van der Waals surface area contributed by atoms with E-state index in [1.54, 1.807) is 17.1 Å². The molecule has 0 bridgehead atoms. The Labute approximate surface area is 122 Å². The standard InChI is InChI=1S/C16H14N4O/c1-12(21)19-14-7-5-13(6-8-14)15-9-11-18-20(15)16-4-2-3-10-17-16/h2-11H,1H3,(H,19,21). The van der Waals surface area contributed by atoms with Crippen LogP contribution in [0.2, 0.25) is 0 Å². The second-order valence-corrected chi connectivity index (χ2v) is 4.57. The van der Waals surface area contributed by atoms with E-state index >= 15 is 0 Å². The molecule has 0 aliphatic rings. The number of aromatic nitrogens is 3. The lowest BCUT2D eigenvalue weighted by Gasteiger charge is -2.07. The van der Waals surface area contributed by atoms with Gasteiger partial charge in [0.2, 0.25) is 5.91 Å². The highest BCUT2D eigenvalue weighted by Gasteiger charge is 2.08. The van der Waals surface area contributed by atoms with Gasteiger partial charge in [-0.1, -0.05) is 18.2 Å². The molecule has 0 fully saturated rings. The van der Waals surface area contributed by atoms with Crippen molar-refractivity contribution < 1.29 is 4.79 Å². The number of amides is 1. The van der Waals surface area contributed by atoms with Crippen LogP contribution in [0.1, 0.15) is 6.92 Å². The van der Waals surface area contributed by atoms with E-state index in [2.05, 4.69) is 15.4 Å². The number of hydrogen-bond donors (Lipinski definition) is 1. The molecule has 0 saturated carbocycles. The SMILES string of the molecule is CC(=O)Nc1ccc(-c2ccnn2-c2ccccn2)cc1. The van der Waals surface area contributed by atoms with Gasteiger partial charge in [0.25, 0.3) is 0 Å². The number of rotatable bonds is 3. The van der Waals surface area contributed by atoms with Crippen LogP contribution in [0, 0.1) is 0 Å². The van der Waals surface area contributed by atoms with Crippen LogP contribution in [0.3, 0.4) is 0 Å². The van der Waals surface area contributed by atoms with E-state index in [-0.39, 0.29) is 5.91 Å². The Morgan fingerprint density at radius 2 is 1.86 bits per heavy atom. The van der Waals surface area contributed by atoms with E-state index in [0.29, 0.717) is 0 Å². The highest BCUT2D eigenvalue weighted by atomic mass is 16.1. The van der Waals surface area contributed by atoms with E-state index in [1.807, 2.05) is 48.5 Å². The average Bonchev–Trinajstić information content (AvgIpc) is 2.98. The van der Waals surface area contributed by atoms with E-state index in [9.17, 15) is 4.79 Å². The van der Waals surface area contributed by atoms with Gasteiger partial charge in [-0.05, 0) is 30.3 Å². The molecule has 2 heterocycles. The Kier molecular flexibility index (Phi) is 3.47. The normalized spacial score (nSPS) is 10.3. The first-order chi connectivity index (χ1) is 10.2. The molecule has 3 aromatic rings. The third kappa shape index (κ3) is 2.81. The lowest BCUT2D eigenvalue weighted by atomic mass is 10.1. The molecule has 0 unspecified atom stereocenters. The van der Waals surface area contributed by atoms with Crippen molar-refractivity contribution in [3.05, 3.63) is 60.9 Å². The molecule has 1 N–H and O–H groups in total. The van der Waals surface area contributed by atoms with Gasteiger partial charge in [-0.15, -0.1) is 0 Å². The van der Waals surface area contributed by atoms with Crippen molar-refractivity contribution in [2.45, 2.75) is 6.92 Å². The zero-order valence-corrected chi connectivity index (χ0v) is 11.5. The molecule has 2 aromatic heterocycles. The highest BCUT2D eigenvalue weighted by molar-refractivity contribution is 5.88. The lowest BCUT2D eigenvalue weighted by Crippen LogP contribution is -2.05. The average molecular weight is 278 g/mol. The van der Waals surface area contributed by atoms with Gasteiger partial charge >= 0.3 is 0 Å². The summed E-state index contributed by atoms with van der Waals surface area (Å²) in [5, 5.41) is 7.07. The van der Waals surface area contributed by atoms with Crippen molar-refractivity contribution in [2.75, 3.05) is 5.32 Å². The van der Waals surface area contributed by atoms with Crippen molar-refractivity contribution >= 4 is 11.6 Å². The predicted octanol–water partition coefficient (Wildman–Crippen LogP) is 2.89. The monoisotopic (exact) mass is 278 g/mol. The second kappa shape index (κ2) is 5.58. The summed E-state index contributed by atoms with van der Waals surface area (Å²) in [6.45, 7) is 1.49. The van der Waals surface area contributed by atoms with Crippen LogP contribution >= 0.6 is 0 Å². The van der Waals surface area contributed by atoms with Gasteiger partial charge in [0.1, 0.15) is 0 Å². The molecular weight excluding hydrogens is 264 g/mol. The third-order valence-electron chi connectivity index (χ3n) is 3.01. The Morgan fingerprint density at radius 1 is 1.05 bits per heavy atom. The fourth-order valence-corrected chi connectivity index (χ4v) is 2.11. The van der Waals surface area contributed by atoms with Crippen molar-refractivity contribution in [3.63, 3.8) is 0 Å². The fourth-order valence-electron chi connectivity index (χ4n) is 2.11. The lowest BCUT2D eigenvalue weighted by molar-refractivity contribution is -0.114. The molecule has 3 rings (SSSR count). The van der Waals surface area contributed by atoms with Gasteiger partial charge < -0.3 is 5.32 Å². The first-order valence-electron chi connectivity index (χ1n) is 6.57. The molecule has 5 nitrogen and oxygen atoms in total. The third-order valence-corrected chi connectivity index (χ3v) is 3.01. The highest BCUT2D eigenvalue weighted by Crippen LogP contribution is 2.23. The number of nitrogens with one attached hydrogen (secondary N) is 1. The summed E-state index contributed by atoms with van der Waals surface area (Å²) in [4.78, 5) is 15.3. The van der Waals surface area contributed by atoms with Crippen LogP contribution in [0.15, 0.2) is 60.9 Å². The minimum Gasteiger partial charge on any atom is -0.326 e. The molecule has 104 valence electrons. The van der Waals surface area contributed by atoms with Crippen LogP contribution in [-0.4, -0.2) is 20.7 Å². The Bertz CT molecular complexity index is 747. The van der Waals surface area contributed by atoms with Crippen LogP contribution in [0.25, 0.3) is 17.1 Å². The van der Waals surface area contributed by atoms with Gasteiger partial charge in [0.15, 0.2) is 5.82 Å². The summed E-state index contributed by atoms with van der Waals surface area (Å²) in [5.41, 5.74) is 2.73. The predicted molar refractivity (Wildman–Crippen MR) is 81.1 cm³/mol. The second-order valence-electron chi connectivity index (χ2n) is 4.57. The largest absolute Gasteiger partial charge is 0.326 e. The number of anilines is 1. The van der Waals surface area contributed by atoms with Gasteiger partial charge in [0, 0.05) is 24.4 Å². The Hall–Kier alpha value is -2.95. The number of carbonyl (C=O) groups is 1. The molecule has 0 saturated heterocycles. The summed E-state index contributed by atoms with van der Waals surface area (Å²) in [6, 6.07) is 15.3. The van der Waals surface area contributed by atoms with Gasteiger partial charge in [0.05, 0.1) is 11.9 Å². The maximum atomic E-state index is 11.0. The minimum absolute atomic E-state index is 0.0822. The zero-order valence-electron chi connectivity index (χ0n) is 11.5. The van der Waals surface area contributed by atoms with E-state index in [1.165, 1.54) is 6.92 Å². The first-order valence-corrected chi connectivity index (χ1v) is 6.57. The molecule has 0 aliphatic heterocycles. The summed E-state index contributed by atoms with van der Waals surface area (Å²) >= 11 is 0. The number of carbonyl (C=O) groups excluding carboxylic acids is 1. The number of benzene rings is 1. The maximum Gasteiger partial charge on any atom is 0.221 e. The summed E-state index contributed by atoms with van der Waals surface area (Å²) in [5.74, 6) is 0.685. The van der Waals surface area contributed by atoms with E-state index in [0.717, 1.165) is 22.8 Å². The van der Waals surface area contributed by atoms with E-state index < -0.39 is 0 Å². The van der Waals surface area contributed by atoms with Gasteiger partial charge in [-0.25, -0.2) is 9.67 Å². The number of pyridine rings is 1. The van der Waals surface area contributed by atoms with Crippen LogP contribution in [0.5, 0.6) is 0 Å².